The van der Waals surface area contributed by atoms with E-state index in [0.29, 0.717) is 0 Å². The van der Waals surface area contributed by atoms with Crippen LogP contribution < -0.4 is 12.3 Å². The molecule has 52 heavy (non-hydrogen) atoms. The summed E-state index contributed by atoms with van der Waals surface area (Å²) in [7, 11) is -5.17. The number of rotatable bonds is 42. The van der Waals surface area contributed by atoms with E-state index in [1.54, 1.807) is 0 Å². The van der Waals surface area contributed by atoms with Crippen LogP contribution in [0.1, 0.15) is 271 Å². The highest BCUT2D eigenvalue weighted by atomic mass is 32.3. The summed E-state index contributed by atoms with van der Waals surface area (Å²) in [6.07, 6.45) is 58.0. The Balaban J connectivity index is -0.00000153. The van der Waals surface area contributed by atoms with Gasteiger partial charge in [-0.1, -0.05) is 258 Å². The van der Waals surface area contributed by atoms with Crippen LogP contribution >= 0.6 is 0 Å². The van der Waals surface area contributed by atoms with Crippen LogP contribution in [0, 0.1) is 0 Å². The van der Waals surface area contributed by atoms with Gasteiger partial charge in [-0.05, 0) is 12.8 Å². The van der Waals surface area contributed by atoms with Crippen molar-refractivity contribution in [2.45, 2.75) is 271 Å². The molecule has 8 N–H and O–H groups in total. The summed E-state index contributed by atoms with van der Waals surface area (Å²) in [5.41, 5.74) is 0. The Labute approximate surface area is 327 Å². The zero-order chi connectivity index (χ0) is 36.9. The quantitative estimate of drug-likeness (QED) is 0.0358. The van der Waals surface area contributed by atoms with Crippen molar-refractivity contribution in [3.05, 3.63) is 0 Å². The van der Waals surface area contributed by atoms with Gasteiger partial charge in [0.15, 0.2) is 0 Å². The van der Waals surface area contributed by atoms with Gasteiger partial charge in [0.2, 0.25) is 0 Å². The van der Waals surface area contributed by atoms with Crippen LogP contribution in [0.5, 0.6) is 0 Å². The molecule has 0 aromatic carbocycles. The van der Waals surface area contributed by atoms with E-state index in [0.717, 1.165) is 13.2 Å². The number of unbranched alkanes of at least 4 members (excludes halogenated alkanes) is 38. The average molecular weight is 767 g/mol. The minimum atomic E-state index is -5.17. The zero-order valence-corrected chi connectivity index (χ0v) is 37.0. The van der Waals surface area contributed by atoms with Crippen molar-refractivity contribution in [3.8, 4) is 0 Å². The predicted molar refractivity (Wildman–Crippen MR) is 229 cm³/mol. The molecule has 0 rings (SSSR count). The summed E-state index contributed by atoms with van der Waals surface area (Å²) in [6.45, 7) is 6.61. The first-order valence-corrected chi connectivity index (χ1v) is 24.0. The Morgan fingerprint density at radius 1 is 0.288 bits per heavy atom. The first kappa shape index (κ1) is 58.5. The molecule has 0 aliphatic heterocycles. The lowest BCUT2D eigenvalue weighted by Gasteiger charge is -2.06. The maximum atomic E-state index is 8.52. The van der Waals surface area contributed by atoms with Crippen molar-refractivity contribution in [2.24, 2.45) is 0 Å². The highest BCUT2D eigenvalue weighted by Gasteiger charge is 1.98. The molecule has 0 radical (unpaired) electrons. The third kappa shape index (κ3) is 67.8. The van der Waals surface area contributed by atoms with E-state index in [4.69, 9.17) is 22.3 Å². The van der Waals surface area contributed by atoms with Crippen LogP contribution in [-0.4, -0.2) is 30.7 Å². The summed E-state index contributed by atoms with van der Waals surface area (Å²) >= 11 is 0. The summed E-state index contributed by atoms with van der Waals surface area (Å²) < 4.78 is 40.0. The average Bonchev–Trinajstić information content (AvgIpc) is 3.08. The molecule has 0 aliphatic rings. The predicted octanol–water partition coefficient (Wildman–Crippen LogP) is 16.1. The minimum absolute atomic E-state index is 0. The molecular weight excluding hydrogens is 669 g/mol. The molecule has 0 atom stereocenters. The van der Waals surface area contributed by atoms with Crippen molar-refractivity contribution < 1.29 is 22.3 Å². The molecule has 0 heterocycles. The molecule has 0 fully saturated rings. The summed E-state index contributed by atoms with van der Waals surface area (Å²) in [5.74, 6) is 0. The van der Waals surface area contributed by atoms with Crippen LogP contribution in [0.4, 0.5) is 0 Å². The third-order valence-corrected chi connectivity index (χ3v) is 10.3. The van der Waals surface area contributed by atoms with E-state index in [1.807, 2.05) is 0 Å². The summed E-state index contributed by atoms with van der Waals surface area (Å²) in [5, 5.41) is 0. The Hall–Kier alpha value is -0.250. The van der Waals surface area contributed by atoms with Gasteiger partial charge in [0.05, 0.1) is 0 Å². The lowest BCUT2D eigenvalue weighted by molar-refractivity contribution is 0.125. The molecule has 0 aliphatic carbocycles. The normalized spacial score (nSPS) is 11.2. The van der Waals surface area contributed by atoms with E-state index in [2.05, 4.69) is 13.8 Å². The van der Waals surface area contributed by atoms with E-state index >= 15 is 0 Å². The molecule has 8 heteroatoms. The standard InChI is InChI=1S/C44H90O.2H3N.H2O4S/c1-3-5-7-9-11-13-15-17-19-21-23-25-27-29-31-33-35-37-39-41-43-45-44-42-40-38-36-34-32-30-28-26-24-22-20-18-16-14-12-10-8-6-4-2;;;1-5(2,3)4/h3-44H2,1-2H3;2*1H3;(H2,1,2,3,4). The summed E-state index contributed by atoms with van der Waals surface area (Å²) in [4.78, 5) is 0. The Bertz CT molecular complexity index is 646. The lowest BCUT2D eigenvalue weighted by atomic mass is 10.0. The molecule has 0 aromatic rings. The van der Waals surface area contributed by atoms with E-state index in [1.165, 1.54) is 257 Å². The first-order valence-electron chi connectivity index (χ1n) is 22.7. The molecule has 0 aromatic heterocycles. The fraction of sp³-hybridized carbons (Fsp3) is 1.00. The minimum Gasteiger partial charge on any atom is -0.759 e. The molecule has 320 valence electrons. The second-order valence-electron chi connectivity index (χ2n) is 15.5. The lowest BCUT2D eigenvalue weighted by Crippen LogP contribution is -1.97. The van der Waals surface area contributed by atoms with E-state index in [-0.39, 0.29) is 12.3 Å². The number of hydrogen-bond donors (Lipinski definition) is 2. The van der Waals surface area contributed by atoms with Crippen molar-refractivity contribution in [3.63, 3.8) is 0 Å². The highest BCUT2D eigenvalue weighted by molar-refractivity contribution is 7.79. The zero-order valence-electron chi connectivity index (χ0n) is 36.1. The SMILES string of the molecule is CCCCCCCCCCCCCCCCCCCCCCOCCCCCCCCCCCCCCCCCCCCCC.O=S(=O)([O-])[O-].[NH4+].[NH4+]. The van der Waals surface area contributed by atoms with Gasteiger partial charge in [0.25, 0.3) is 0 Å². The fourth-order valence-electron chi connectivity index (χ4n) is 7.02. The molecular formula is C44H98N2O5S. The molecule has 0 saturated carbocycles. The molecule has 7 nitrogen and oxygen atoms in total. The molecule has 0 unspecified atom stereocenters. The number of ether oxygens (including phenoxy) is 1. The van der Waals surface area contributed by atoms with Gasteiger partial charge in [-0.3, -0.25) is 8.42 Å². The maximum Gasteiger partial charge on any atom is 0.0466 e. The van der Waals surface area contributed by atoms with Crippen molar-refractivity contribution in [1.82, 2.24) is 12.3 Å². The second kappa shape index (κ2) is 52.9. The fourth-order valence-corrected chi connectivity index (χ4v) is 7.02. The van der Waals surface area contributed by atoms with Crippen molar-refractivity contribution in [1.29, 1.82) is 0 Å². The van der Waals surface area contributed by atoms with Gasteiger partial charge in [-0.15, -0.1) is 0 Å². The van der Waals surface area contributed by atoms with Gasteiger partial charge >= 0.3 is 0 Å². The second-order valence-corrected chi connectivity index (χ2v) is 16.3. The van der Waals surface area contributed by atoms with Gasteiger partial charge in [0.1, 0.15) is 0 Å². The largest absolute Gasteiger partial charge is 0.759 e. The van der Waals surface area contributed by atoms with Gasteiger partial charge in [-0.25, -0.2) is 0 Å². The first-order chi connectivity index (χ1) is 24.4. The topological polar surface area (TPSA) is 162 Å². The molecule has 0 bridgehead atoms. The Morgan fingerprint density at radius 3 is 0.538 bits per heavy atom. The van der Waals surface area contributed by atoms with Gasteiger partial charge in [0, 0.05) is 23.6 Å². The monoisotopic (exact) mass is 767 g/mol. The molecule has 0 saturated heterocycles. The van der Waals surface area contributed by atoms with E-state index in [9.17, 15) is 0 Å². The maximum absolute atomic E-state index is 8.52. The van der Waals surface area contributed by atoms with Crippen LogP contribution in [0.15, 0.2) is 0 Å². The molecule has 0 spiro atoms. The number of hydrogen-bond acceptors (Lipinski definition) is 5. The van der Waals surface area contributed by atoms with Crippen LogP contribution in [0.2, 0.25) is 0 Å². The highest BCUT2D eigenvalue weighted by Crippen LogP contribution is 2.16. The summed E-state index contributed by atoms with van der Waals surface area (Å²) in [6, 6.07) is 0. The van der Waals surface area contributed by atoms with Crippen molar-refractivity contribution >= 4 is 10.4 Å². The van der Waals surface area contributed by atoms with Crippen molar-refractivity contribution in [2.75, 3.05) is 13.2 Å². The smallest absolute Gasteiger partial charge is 0.0466 e. The van der Waals surface area contributed by atoms with Gasteiger partial charge in [-0.2, -0.15) is 0 Å². The Kier molecular flexibility index (Phi) is 59.4. The van der Waals surface area contributed by atoms with Crippen LogP contribution in [0.25, 0.3) is 0 Å². The van der Waals surface area contributed by atoms with Crippen LogP contribution in [0.3, 0.4) is 0 Å². The van der Waals surface area contributed by atoms with Gasteiger partial charge < -0.3 is 26.1 Å². The Morgan fingerprint density at radius 2 is 0.404 bits per heavy atom. The van der Waals surface area contributed by atoms with E-state index < -0.39 is 10.4 Å². The number of quaternary nitrogens is 2. The van der Waals surface area contributed by atoms with Crippen LogP contribution in [-0.2, 0) is 15.1 Å². The molecule has 0 amide bonds. The third-order valence-electron chi connectivity index (χ3n) is 10.3.